The molecule has 2 atom stereocenters. The van der Waals surface area contributed by atoms with Crippen molar-refractivity contribution in [2.24, 2.45) is 5.92 Å². The van der Waals surface area contributed by atoms with Crippen LogP contribution >= 0.6 is 11.3 Å². The number of nitrogens with zero attached hydrogens (tertiary/aromatic N) is 1. The molecule has 1 aromatic rings. The van der Waals surface area contributed by atoms with Crippen LogP contribution in [0.1, 0.15) is 43.3 Å². The fourth-order valence-electron chi connectivity index (χ4n) is 2.61. The number of ether oxygens (including phenoxy) is 1. The van der Waals surface area contributed by atoms with Crippen molar-refractivity contribution < 1.29 is 9.53 Å². The minimum Gasteiger partial charge on any atom is -0.376 e. The summed E-state index contributed by atoms with van der Waals surface area (Å²) in [6, 6.07) is -0.164. The molecule has 21 heavy (non-hydrogen) atoms. The standard InChI is InChI=1S/C15H25N3O2S/c1-11-5-3-4-6-13(11)20-8-7-16-15(19)17-9-14-18-12(2)10-21-14/h10-11,13H,3-9H2,1-2H3,(H2,16,17,19)/t11-,13+/m0/s1. The highest BCUT2D eigenvalue weighted by Gasteiger charge is 2.21. The second kappa shape index (κ2) is 8.34. The summed E-state index contributed by atoms with van der Waals surface area (Å²) in [5.41, 5.74) is 0.993. The smallest absolute Gasteiger partial charge is 0.315 e. The van der Waals surface area contributed by atoms with Crippen molar-refractivity contribution in [1.29, 1.82) is 0 Å². The molecule has 1 saturated carbocycles. The van der Waals surface area contributed by atoms with Crippen molar-refractivity contribution in [3.63, 3.8) is 0 Å². The first-order chi connectivity index (χ1) is 10.1. The van der Waals surface area contributed by atoms with E-state index in [1.54, 1.807) is 11.3 Å². The summed E-state index contributed by atoms with van der Waals surface area (Å²) >= 11 is 1.56. The van der Waals surface area contributed by atoms with Crippen LogP contribution in [0.15, 0.2) is 5.38 Å². The first-order valence-corrected chi connectivity index (χ1v) is 8.57. The van der Waals surface area contributed by atoms with Crippen molar-refractivity contribution in [3.8, 4) is 0 Å². The summed E-state index contributed by atoms with van der Waals surface area (Å²) in [4.78, 5) is 15.9. The molecule has 118 valence electrons. The highest BCUT2D eigenvalue weighted by atomic mass is 32.1. The van der Waals surface area contributed by atoms with Crippen LogP contribution in [-0.4, -0.2) is 30.3 Å². The predicted octanol–water partition coefficient (Wildman–Crippen LogP) is 2.85. The summed E-state index contributed by atoms with van der Waals surface area (Å²) in [5, 5.41) is 8.52. The minimum absolute atomic E-state index is 0.164. The lowest BCUT2D eigenvalue weighted by Crippen LogP contribution is -2.38. The van der Waals surface area contributed by atoms with Crippen LogP contribution in [0, 0.1) is 12.8 Å². The van der Waals surface area contributed by atoms with Gasteiger partial charge in [-0.05, 0) is 25.7 Å². The highest BCUT2D eigenvalue weighted by molar-refractivity contribution is 7.09. The molecule has 1 heterocycles. The number of urea groups is 1. The molecule has 0 spiro atoms. The predicted molar refractivity (Wildman–Crippen MR) is 84.5 cm³/mol. The molecule has 6 heteroatoms. The number of nitrogens with one attached hydrogen (secondary N) is 2. The van der Waals surface area contributed by atoms with Crippen LogP contribution in [0.2, 0.25) is 0 Å². The summed E-state index contributed by atoms with van der Waals surface area (Å²) < 4.78 is 5.86. The van der Waals surface area contributed by atoms with Gasteiger partial charge in [-0.3, -0.25) is 0 Å². The van der Waals surface area contributed by atoms with E-state index in [0.29, 0.717) is 31.7 Å². The summed E-state index contributed by atoms with van der Waals surface area (Å²) in [6.07, 6.45) is 5.35. The maximum absolute atomic E-state index is 11.6. The van der Waals surface area contributed by atoms with Gasteiger partial charge in [0.1, 0.15) is 5.01 Å². The van der Waals surface area contributed by atoms with Gasteiger partial charge in [0.15, 0.2) is 0 Å². The number of hydrogen-bond donors (Lipinski definition) is 2. The zero-order valence-electron chi connectivity index (χ0n) is 12.9. The molecule has 0 aromatic carbocycles. The van der Waals surface area contributed by atoms with Crippen molar-refractivity contribution in [3.05, 3.63) is 16.1 Å². The van der Waals surface area contributed by atoms with Crippen LogP contribution < -0.4 is 10.6 Å². The van der Waals surface area contributed by atoms with E-state index in [1.807, 2.05) is 12.3 Å². The van der Waals surface area contributed by atoms with Gasteiger partial charge in [0, 0.05) is 17.6 Å². The molecule has 1 aliphatic carbocycles. The normalized spacial score (nSPS) is 22.0. The van der Waals surface area contributed by atoms with Gasteiger partial charge in [0.25, 0.3) is 0 Å². The first-order valence-electron chi connectivity index (χ1n) is 7.69. The third-order valence-corrected chi connectivity index (χ3v) is 4.79. The van der Waals surface area contributed by atoms with Crippen LogP contribution in [0.3, 0.4) is 0 Å². The Kier molecular flexibility index (Phi) is 6.45. The molecule has 2 N–H and O–H groups in total. The highest BCUT2D eigenvalue weighted by Crippen LogP contribution is 2.25. The van der Waals surface area contributed by atoms with Crippen LogP contribution in [0.25, 0.3) is 0 Å². The molecule has 2 amide bonds. The molecular weight excluding hydrogens is 286 g/mol. The monoisotopic (exact) mass is 311 g/mol. The number of carbonyl (C=O) groups excluding carboxylic acids is 1. The lowest BCUT2D eigenvalue weighted by Gasteiger charge is -2.28. The van der Waals surface area contributed by atoms with Crippen molar-refractivity contribution in [2.45, 2.75) is 52.2 Å². The Morgan fingerprint density at radius 1 is 1.43 bits per heavy atom. The Morgan fingerprint density at radius 3 is 2.95 bits per heavy atom. The molecule has 0 saturated heterocycles. The van der Waals surface area contributed by atoms with Gasteiger partial charge >= 0.3 is 6.03 Å². The minimum atomic E-state index is -0.164. The summed E-state index contributed by atoms with van der Waals surface area (Å²) in [6.45, 7) is 5.80. The van der Waals surface area contributed by atoms with Gasteiger partial charge in [-0.1, -0.05) is 19.8 Å². The van der Waals surface area contributed by atoms with Gasteiger partial charge < -0.3 is 15.4 Å². The van der Waals surface area contributed by atoms with Gasteiger partial charge in [0.2, 0.25) is 0 Å². The molecular formula is C15H25N3O2S. The van der Waals surface area contributed by atoms with E-state index >= 15 is 0 Å². The molecule has 5 nitrogen and oxygen atoms in total. The van der Waals surface area contributed by atoms with E-state index in [1.165, 1.54) is 19.3 Å². The van der Waals surface area contributed by atoms with Crippen LogP contribution in [-0.2, 0) is 11.3 Å². The zero-order chi connectivity index (χ0) is 15.1. The maximum Gasteiger partial charge on any atom is 0.315 e. The molecule has 0 radical (unpaired) electrons. The van der Waals surface area contributed by atoms with Gasteiger partial charge in [0.05, 0.1) is 19.3 Å². The second-order valence-electron chi connectivity index (χ2n) is 5.66. The van der Waals surface area contributed by atoms with Gasteiger partial charge in [-0.2, -0.15) is 0 Å². The Bertz CT molecular complexity index is 450. The van der Waals surface area contributed by atoms with Crippen molar-refractivity contribution in [2.75, 3.05) is 13.2 Å². The van der Waals surface area contributed by atoms with E-state index in [-0.39, 0.29) is 6.03 Å². The molecule has 2 rings (SSSR count). The second-order valence-corrected chi connectivity index (χ2v) is 6.61. The quantitative estimate of drug-likeness (QED) is 0.794. The molecule has 1 fully saturated rings. The number of aromatic nitrogens is 1. The molecule has 0 bridgehead atoms. The number of rotatable bonds is 6. The van der Waals surface area contributed by atoms with Crippen LogP contribution in [0.5, 0.6) is 0 Å². The summed E-state index contributed by atoms with van der Waals surface area (Å²) in [5.74, 6) is 0.640. The third-order valence-electron chi connectivity index (χ3n) is 3.82. The Morgan fingerprint density at radius 2 is 2.24 bits per heavy atom. The van der Waals surface area contributed by atoms with E-state index in [9.17, 15) is 4.79 Å². The van der Waals surface area contributed by atoms with E-state index < -0.39 is 0 Å². The number of carbonyl (C=O) groups is 1. The fourth-order valence-corrected chi connectivity index (χ4v) is 3.32. The molecule has 1 aliphatic rings. The largest absolute Gasteiger partial charge is 0.376 e. The lowest BCUT2D eigenvalue weighted by atomic mass is 9.88. The zero-order valence-corrected chi connectivity index (χ0v) is 13.7. The molecule has 1 aromatic heterocycles. The number of amides is 2. The first kappa shape index (κ1) is 16.2. The molecule has 0 aliphatic heterocycles. The van der Waals surface area contributed by atoms with Gasteiger partial charge in [-0.25, -0.2) is 9.78 Å². The van der Waals surface area contributed by atoms with E-state index in [4.69, 9.17) is 4.74 Å². The SMILES string of the molecule is Cc1csc(CNC(=O)NCCO[C@@H]2CCCC[C@@H]2C)n1. The average molecular weight is 311 g/mol. The maximum atomic E-state index is 11.6. The number of hydrogen-bond acceptors (Lipinski definition) is 4. The third kappa shape index (κ3) is 5.63. The Hall–Kier alpha value is -1.14. The number of aryl methyl sites for hydroxylation is 1. The topological polar surface area (TPSA) is 63.2 Å². The fraction of sp³-hybridized carbons (Fsp3) is 0.733. The average Bonchev–Trinajstić information content (AvgIpc) is 2.89. The van der Waals surface area contributed by atoms with Gasteiger partial charge in [-0.15, -0.1) is 11.3 Å². The van der Waals surface area contributed by atoms with Crippen molar-refractivity contribution >= 4 is 17.4 Å². The van der Waals surface area contributed by atoms with E-state index in [0.717, 1.165) is 17.1 Å². The lowest BCUT2D eigenvalue weighted by molar-refractivity contribution is -0.00243. The van der Waals surface area contributed by atoms with Crippen molar-refractivity contribution in [1.82, 2.24) is 15.6 Å². The summed E-state index contributed by atoms with van der Waals surface area (Å²) in [7, 11) is 0. The van der Waals surface area contributed by atoms with E-state index in [2.05, 4.69) is 22.5 Å². The Labute approximate surface area is 130 Å². The van der Waals surface area contributed by atoms with Crippen LogP contribution in [0.4, 0.5) is 4.79 Å². The Balaban J connectivity index is 1.54. The molecule has 0 unspecified atom stereocenters. The number of thiazole rings is 1.